The molecule has 1 heterocycles. The lowest BCUT2D eigenvalue weighted by Gasteiger charge is -2.08. The second-order valence-corrected chi connectivity index (χ2v) is 6.42. The topological polar surface area (TPSA) is 59.3 Å². The summed E-state index contributed by atoms with van der Waals surface area (Å²) < 4.78 is 5.69. The monoisotopic (exact) mass is 343 g/mol. The molecule has 26 heavy (non-hydrogen) atoms. The number of hydrogen-bond donors (Lipinski definition) is 1. The van der Waals surface area contributed by atoms with Crippen molar-refractivity contribution in [3.8, 4) is 0 Å². The van der Waals surface area contributed by atoms with Crippen LogP contribution in [0.5, 0.6) is 0 Å². The zero-order valence-electron chi connectivity index (χ0n) is 14.5. The molecule has 0 aliphatic rings. The molecule has 0 atom stereocenters. The molecule has 4 heteroatoms. The fourth-order valence-electron chi connectivity index (χ4n) is 2.98. The molecule has 1 N–H and O–H groups in total. The molecule has 0 saturated heterocycles. The van der Waals surface area contributed by atoms with E-state index in [0.29, 0.717) is 16.7 Å². The Balaban J connectivity index is 1.71. The number of anilines is 1. The van der Waals surface area contributed by atoms with Crippen molar-refractivity contribution in [2.45, 2.75) is 13.8 Å². The Kier molecular flexibility index (Phi) is 3.81. The van der Waals surface area contributed by atoms with E-state index < -0.39 is 5.91 Å². The molecule has 0 spiro atoms. The summed E-state index contributed by atoms with van der Waals surface area (Å²) in [6.07, 6.45) is 0. The van der Waals surface area contributed by atoms with E-state index in [1.165, 1.54) is 6.07 Å². The number of carbonyl (C=O) groups is 1. The zero-order valence-corrected chi connectivity index (χ0v) is 14.5. The van der Waals surface area contributed by atoms with E-state index in [-0.39, 0.29) is 11.2 Å². The van der Waals surface area contributed by atoms with Crippen LogP contribution in [-0.4, -0.2) is 5.91 Å². The molecule has 128 valence electrons. The second kappa shape index (κ2) is 6.15. The maximum absolute atomic E-state index is 12.6. The van der Waals surface area contributed by atoms with Crippen LogP contribution in [0.3, 0.4) is 0 Å². The quantitative estimate of drug-likeness (QED) is 0.568. The first-order chi connectivity index (χ1) is 12.5. The molecule has 1 amide bonds. The summed E-state index contributed by atoms with van der Waals surface area (Å²) in [5, 5.41) is 5.39. The van der Waals surface area contributed by atoms with Gasteiger partial charge in [-0.15, -0.1) is 0 Å². The third-order valence-electron chi connectivity index (χ3n) is 4.57. The molecule has 0 bridgehead atoms. The number of amides is 1. The van der Waals surface area contributed by atoms with Gasteiger partial charge in [0.2, 0.25) is 0 Å². The first-order valence-corrected chi connectivity index (χ1v) is 8.36. The number of carbonyl (C=O) groups excluding carboxylic acids is 1. The van der Waals surface area contributed by atoms with Gasteiger partial charge in [0.05, 0.1) is 5.39 Å². The van der Waals surface area contributed by atoms with Crippen LogP contribution >= 0.6 is 0 Å². The van der Waals surface area contributed by atoms with Crippen LogP contribution in [0.4, 0.5) is 5.69 Å². The Morgan fingerprint density at radius 1 is 0.885 bits per heavy atom. The van der Waals surface area contributed by atoms with Crippen molar-refractivity contribution in [1.29, 1.82) is 0 Å². The van der Waals surface area contributed by atoms with Gasteiger partial charge in [-0.2, -0.15) is 0 Å². The van der Waals surface area contributed by atoms with E-state index in [4.69, 9.17) is 4.42 Å². The van der Waals surface area contributed by atoms with Gasteiger partial charge in [-0.05, 0) is 60.0 Å². The van der Waals surface area contributed by atoms with Crippen LogP contribution in [0.1, 0.15) is 21.7 Å². The van der Waals surface area contributed by atoms with Crippen LogP contribution in [-0.2, 0) is 0 Å². The lowest BCUT2D eigenvalue weighted by molar-refractivity contribution is 0.0997. The van der Waals surface area contributed by atoms with Crippen molar-refractivity contribution < 1.29 is 9.21 Å². The molecule has 0 radical (unpaired) electrons. The Bertz CT molecular complexity index is 1220. The van der Waals surface area contributed by atoms with Gasteiger partial charge in [0.1, 0.15) is 5.58 Å². The zero-order chi connectivity index (χ0) is 18.3. The maximum Gasteiger partial charge on any atom is 0.291 e. The molecule has 4 rings (SSSR count). The fraction of sp³-hybridized carbons (Fsp3) is 0.0909. The first kappa shape index (κ1) is 16.1. The number of benzene rings is 3. The molecule has 3 aromatic carbocycles. The Morgan fingerprint density at radius 3 is 2.42 bits per heavy atom. The largest absolute Gasteiger partial charge is 0.451 e. The molecule has 4 aromatic rings. The van der Waals surface area contributed by atoms with Crippen molar-refractivity contribution >= 4 is 33.3 Å². The van der Waals surface area contributed by atoms with Gasteiger partial charge >= 0.3 is 0 Å². The van der Waals surface area contributed by atoms with Gasteiger partial charge in [-0.1, -0.05) is 30.3 Å². The highest BCUT2D eigenvalue weighted by atomic mass is 16.3. The van der Waals surface area contributed by atoms with E-state index in [9.17, 15) is 9.59 Å². The summed E-state index contributed by atoms with van der Waals surface area (Å²) in [4.78, 5) is 24.9. The average molecular weight is 343 g/mol. The van der Waals surface area contributed by atoms with E-state index in [1.54, 1.807) is 12.1 Å². The number of nitrogens with one attached hydrogen (secondary N) is 1. The molecular formula is C22H17NO3. The van der Waals surface area contributed by atoms with Gasteiger partial charge < -0.3 is 9.73 Å². The predicted molar refractivity (Wildman–Crippen MR) is 104 cm³/mol. The first-order valence-electron chi connectivity index (χ1n) is 8.36. The van der Waals surface area contributed by atoms with Crippen LogP contribution in [0, 0.1) is 13.8 Å². The van der Waals surface area contributed by atoms with Crippen molar-refractivity contribution in [2.24, 2.45) is 0 Å². The Labute approximate surface area is 150 Å². The number of fused-ring (bicyclic) bond motifs is 2. The van der Waals surface area contributed by atoms with Crippen LogP contribution < -0.4 is 10.7 Å². The van der Waals surface area contributed by atoms with E-state index in [1.807, 2.05) is 56.3 Å². The van der Waals surface area contributed by atoms with E-state index >= 15 is 0 Å². The Hall–Kier alpha value is -3.40. The summed E-state index contributed by atoms with van der Waals surface area (Å²) in [6.45, 7) is 3.88. The van der Waals surface area contributed by atoms with Gasteiger partial charge in [0.25, 0.3) is 5.91 Å². The summed E-state index contributed by atoms with van der Waals surface area (Å²) in [7, 11) is 0. The standard InChI is InChI=1S/C22H17NO3/c1-13-9-18-19(24)12-21(26-20(18)10-14(13)2)22(25)23-17-8-7-15-5-3-4-6-16(15)11-17/h3-12H,1-2H3,(H,23,25). The third kappa shape index (κ3) is 2.86. The highest BCUT2D eigenvalue weighted by molar-refractivity contribution is 6.04. The molecule has 0 aliphatic heterocycles. The van der Waals surface area contributed by atoms with Gasteiger partial charge in [-0.25, -0.2) is 0 Å². The van der Waals surface area contributed by atoms with Crippen molar-refractivity contribution in [1.82, 2.24) is 0 Å². The summed E-state index contributed by atoms with van der Waals surface area (Å²) in [5.41, 5.74) is 2.87. The minimum Gasteiger partial charge on any atom is -0.451 e. The SMILES string of the molecule is Cc1cc2oc(C(=O)Nc3ccc4ccccc4c3)cc(=O)c2cc1C. The smallest absolute Gasteiger partial charge is 0.291 e. The minimum absolute atomic E-state index is 0.00101. The van der Waals surface area contributed by atoms with Crippen LogP contribution in [0.2, 0.25) is 0 Å². The Morgan fingerprint density at radius 2 is 1.62 bits per heavy atom. The van der Waals surface area contributed by atoms with Crippen molar-refractivity contribution in [3.05, 3.63) is 87.8 Å². The number of aryl methyl sites for hydroxylation is 2. The lowest BCUT2D eigenvalue weighted by Crippen LogP contribution is -2.15. The molecule has 0 saturated carbocycles. The second-order valence-electron chi connectivity index (χ2n) is 6.42. The van der Waals surface area contributed by atoms with Crippen molar-refractivity contribution in [3.63, 3.8) is 0 Å². The summed E-state index contributed by atoms with van der Waals surface area (Å²) in [6, 6.07) is 18.4. The fourth-order valence-corrected chi connectivity index (χ4v) is 2.98. The summed E-state index contributed by atoms with van der Waals surface area (Å²) in [5.74, 6) is -0.448. The molecule has 4 nitrogen and oxygen atoms in total. The van der Waals surface area contributed by atoms with Gasteiger partial charge in [0.15, 0.2) is 11.2 Å². The molecule has 0 fully saturated rings. The third-order valence-corrected chi connectivity index (χ3v) is 4.57. The molecule has 0 unspecified atom stereocenters. The highest BCUT2D eigenvalue weighted by Crippen LogP contribution is 2.21. The van der Waals surface area contributed by atoms with Crippen LogP contribution in [0.15, 0.2) is 69.9 Å². The molecule has 0 aliphatic carbocycles. The summed E-state index contributed by atoms with van der Waals surface area (Å²) >= 11 is 0. The molecule has 1 aromatic heterocycles. The average Bonchev–Trinajstić information content (AvgIpc) is 2.63. The highest BCUT2D eigenvalue weighted by Gasteiger charge is 2.13. The van der Waals surface area contributed by atoms with Crippen molar-refractivity contribution in [2.75, 3.05) is 5.32 Å². The van der Waals surface area contributed by atoms with Gasteiger partial charge in [-0.3, -0.25) is 9.59 Å². The minimum atomic E-state index is -0.447. The van der Waals surface area contributed by atoms with Gasteiger partial charge in [0, 0.05) is 11.8 Å². The maximum atomic E-state index is 12.6. The number of rotatable bonds is 2. The predicted octanol–water partition coefficient (Wildman–Crippen LogP) is 4.82. The normalized spacial score (nSPS) is 11.0. The number of hydrogen-bond acceptors (Lipinski definition) is 3. The molecular weight excluding hydrogens is 326 g/mol. The lowest BCUT2D eigenvalue weighted by atomic mass is 10.1. The van der Waals surface area contributed by atoms with E-state index in [2.05, 4.69) is 5.32 Å². The van der Waals surface area contributed by atoms with Crippen LogP contribution in [0.25, 0.3) is 21.7 Å². The van der Waals surface area contributed by atoms with E-state index in [0.717, 1.165) is 21.9 Å².